The molecular weight excluding hydrogens is 190 g/mol. The van der Waals surface area contributed by atoms with Crippen LogP contribution >= 0.6 is 0 Å². The first-order valence-corrected chi connectivity index (χ1v) is 4.56. The Bertz CT molecular complexity index is 587. The molecule has 15 heavy (non-hydrogen) atoms. The molecule has 3 heterocycles. The Labute approximate surface area is 85.5 Å². The minimum atomic E-state index is 0.677. The Hall–Kier alpha value is -2.30. The molecule has 0 aliphatic rings. The zero-order chi connectivity index (χ0) is 10.1. The first-order valence-electron chi connectivity index (χ1n) is 4.56. The minimum absolute atomic E-state index is 0.677. The van der Waals surface area contributed by atoms with Crippen LogP contribution < -0.4 is 4.57 Å². The third-order valence-electron chi connectivity index (χ3n) is 2.16. The van der Waals surface area contributed by atoms with Crippen molar-refractivity contribution in [1.29, 1.82) is 0 Å². The SMILES string of the molecule is c1cc[n+](-c2ncnc3nc[nH]c23)cc1. The number of fused-ring (bicyclic) bond motifs is 1. The number of hydrogen-bond donors (Lipinski definition) is 1. The number of rotatable bonds is 1. The number of H-pyrrole nitrogens is 1. The van der Waals surface area contributed by atoms with Crippen molar-refractivity contribution in [3.05, 3.63) is 43.2 Å². The fraction of sp³-hybridized carbons (Fsp3) is 0. The van der Waals surface area contributed by atoms with Gasteiger partial charge in [0.25, 0.3) is 0 Å². The summed E-state index contributed by atoms with van der Waals surface area (Å²) in [6.07, 6.45) is 7.00. The first-order chi connectivity index (χ1) is 7.45. The van der Waals surface area contributed by atoms with E-state index in [0.717, 1.165) is 11.3 Å². The fourth-order valence-electron chi connectivity index (χ4n) is 1.49. The summed E-state index contributed by atoms with van der Waals surface area (Å²) >= 11 is 0. The molecule has 0 fully saturated rings. The van der Waals surface area contributed by atoms with Crippen molar-refractivity contribution < 1.29 is 4.57 Å². The van der Waals surface area contributed by atoms with Crippen LogP contribution in [-0.4, -0.2) is 19.9 Å². The van der Waals surface area contributed by atoms with E-state index in [4.69, 9.17) is 0 Å². The van der Waals surface area contributed by atoms with Crippen molar-refractivity contribution in [2.45, 2.75) is 0 Å². The molecule has 5 nitrogen and oxygen atoms in total. The molecule has 72 valence electrons. The van der Waals surface area contributed by atoms with Crippen LogP contribution in [0.4, 0.5) is 0 Å². The highest BCUT2D eigenvalue weighted by molar-refractivity contribution is 5.74. The van der Waals surface area contributed by atoms with Crippen LogP contribution in [0.2, 0.25) is 0 Å². The minimum Gasteiger partial charge on any atom is -0.336 e. The monoisotopic (exact) mass is 198 g/mol. The number of imidazole rings is 1. The summed E-state index contributed by atoms with van der Waals surface area (Å²) in [5.74, 6) is 0.804. The molecular formula is C10H8N5+. The Balaban J connectivity index is 2.31. The number of pyridine rings is 1. The molecule has 0 aliphatic heterocycles. The van der Waals surface area contributed by atoms with E-state index in [2.05, 4.69) is 19.9 Å². The van der Waals surface area contributed by atoms with Gasteiger partial charge < -0.3 is 4.98 Å². The van der Waals surface area contributed by atoms with Crippen LogP contribution in [0.5, 0.6) is 0 Å². The number of aromatic amines is 1. The maximum absolute atomic E-state index is 4.23. The van der Waals surface area contributed by atoms with E-state index in [1.54, 1.807) is 6.33 Å². The van der Waals surface area contributed by atoms with Gasteiger partial charge in [-0.05, 0) is 17.1 Å². The van der Waals surface area contributed by atoms with E-state index in [-0.39, 0.29) is 0 Å². The largest absolute Gasteiger partial charge is 0.357 e. The van der Waals surface area contributed by atoms with E-state index in [0.29, 0.717) is 5.65 Å². The van der Waals surface area contributed by atoms with Gasteiger partial charge in [-0.1, -0.05) is 6.07 Å². The average Bonchev–Trinajstić information content (AvgIpc) is 2.78. The van der Waals surface area contributed by atoms with Gasteiger partial charge in [0.15, 0.2) is 11.2 Å². The molecule has 0 saturated heterocycles. The number of aromatic nitrogens is 5. The fourth-order valence-corrected chi connectivity index (χ4v) is 1.49. The van der Waals surface area contributed by atoms with Gasteiger partial charge in [-0.25, -0.2) is 9.55 Å². The van der Waals surface area contributed by atoms with Crippen molar-refractivity contribution in [2.75, 3.05) is 0 Å². The van der Waals surface area contributed by atoms with Crippen LogP contribution in [0, 0.1) is 0 Å². The summed E-state index contributed by atoms with van der Waals surface area (Å²) in [5, 5.41) is 0. The number of nitrogens with one attached hydrogen (secondary N) is 1. The van der Waals surface area contributed by atoms with E-state index < -0.39 is 0 Å². The predicted octanol–water partition coefficient (Wildman–Crippen LogP) is 0.630. The quantitative estimate of drug-likeness (QED) is 0.583. The summed E-state index contributed by atoms with van der Waals surface area (Å²) in [7, 11) is 0. The van der Waals surface area contributed by atoms with E-state index in [1.165, 1.54) is 6.33 Å². The Morgan fingerprint density at radius 3 is 2.73 bits per heavy atom. The van der Waals surface area contributed by atoms with Gasteiger partial charge in [0.05, 0.1) is 18.7 Å². The van der Waals surface area contributed by atoms with Crippen LogP contribution in [0.1, 0.15) is 0 Å². The Morgan fingerprint density at radius 2 is 1.87 bits per heavy atom. The molecule has 0 amide bonds. The normalized spacial score (nSPS) is 10.7. The molecule has 0 unspecified atom stereocenters. The molecule has 3 rings (SSSR count). The lowest BCUT2D eigenvalue weighted by molar-refractivity contribution is -0.598. The summed E-state index contributed by atoms with van der Waals surface area (Å²) in [4.78, 5) is 15.4. The lowest BCUT2D eigenvalue weighted by Crippen LogP contribution is -2.30. The van der Waals surface area contributed by atoms with Crippen LogP contribution in [0.15, 0.2) is 43.2 Å². The van der Waals surface area contributed by atoms with Gasteiger partial charge in [-0.2, -0.15) is 4.98 Å². The molecule has 0 aromatic carbocycles. The molecule has 3 aromatic rings. The summed E-state index contributed by atoms with van der Waals surface area (Å²) in [6, 6.07) is 5.86. The molecule has 0 bridgehead atoms. The van der Waals surface area contributed by atoms with Crippen molar-refractivity contribution in [3.8, 4) is 5.82 Å². The second-order valence-electron chi connectivity index (χ2n) is 3.08. The zero-order valence-corrected chi connectivity index (χ0v) is 7.83. The van der Waals surface area contributed by atoms with Crippen LogP contribution in [0.3, 0.4) is 0 Å². The van der Waals surface area contributed by atoms with E-state index in [1.807, 2.05) is 35.2 Å². The van der Waals surface area contributed by atoms with Crippen molar-refractivity contribution in [2.24, 2.45) is 0 Å². The van der Waals surface area contributed by atoms with E-state index in [9.17, 15) is 0 Å². The highest BCUT2D eigenvalue weighted by atomic mass is 15.1. The molecule has 0 radical (unpaired) electrons. The molecule has 1 N–H and O–H groups in total. The van der Waals surface area contributed by atoms with Crippen LogP contribution in [0.25, 0.3) is 17.0 Å². The van der Waals surface area contributed by atoms with Crippen molar-refractivity contribution in [3.63, 3.8) is 0 Å². The Morgan fingerprint density at radius 1 is 1.00 bits per heavy atom. The molecule has 3 aromatic heterocycles. The third-order valence-corrected chi connectivity index (χ3v) is 2.16. The zero-order valence-electron chi connectivity index (χ0n) is 7.83. The predicted molar refractivity (Wildman–Crippen MR) is 53.2 cm³/mol. The second-order valence-corrected chi connectivity index (χ2v) is 3.08. The smallest absolute Gasteiger partial charge is 0.336 e. The topological polar surface area (TPSA) is 58.3 Å². The third kappa shape index (κ3) is 1.25. The van der Waals surface area contributed by atoms with Gasteiger partial charge in [0.1, 0.15) is 0 Å². The van der Waals surface area contributed by atoms with Gasteiger partial charge in [0.2, 0.25) is 6.33 Å². The van der Waals surface area contributed by atoms with Crippen molar-refractivity contribution in [1.82, 2.24) is 19.9 Å². The van der Waals surface area contributed by atoms with Crippen molar-refractivity contribution >= 4 is 11.2 Å². The lowest BCUT2D eigenvalue weighted by Gasteiger charge is -1.94. The molecule has 0 saturated carbocycles. The highest BCUT2D eigenvalue weighted by Gasteiger charge is 2.14. The summed E-state index contributed by atoms with van der Waals surface area (Å²) < 4.78 is 1.92. The number of hydrogen-bond acceptors (Lipinski definition) is 3. The molecule has 0 spiro atoms. The highest BCUT2D eigenvalue weighted by Crippen LogP contribution is 2.08. The lowest BCUT2D eigenvalue weighted by atomic mass is 10.4. The second kappa shape index (κ2) is 3.13. The first kappa shape index (κ1) is 8.05. The van der Waals surface area contributed by atoms with E-state index >= 15 is 0 Å². The van der Waals surface area contributed by atoms with Gasteiger partial charge in [0, 0.05) is 0 Å². The average molecular weight is 198 g/mol. The summed E-state index contributed by atoms with van der Waals surface area (Å²) in [5.41, 5.74) is 1.52. The maximum Gasteiger partial charge on any atom is 0.357 e. The van der Waals surface area contributed by atoms with Gasteiger partial charge >= 0.3 is 5.82 Å². The summed E-state index contributed by atoms with van der Waals surface area (Å²) in [6.45, 7) is 0. The molecule has 5 heteroatoms. The van der Waals surface area contributed by atoms with Gasteiger partial charge in [-0.3, -0.25) is 0 Å². The molecule has 0 aliphatic carbocycles. The Kier molecular flexibility index (Phi) is 1.68. The maximum atomic E-state index is 4.23. The number of nitrogens with zero attached hydrogens (tertiary/aromatic N) is 4. The molecule has 0 atom stereocenters. The van der Waals surface area contributed by atoms with Crippen LogP contribution in [-0.2, 0) is 0 Å². The van der Waals surface area contributed by atoms with Gasteiger partial charge in [-0.15, -0.1) is 0 Å². The standard InChI is InChI=1S/C10H8N5/c1-2-4-15(5-3-1)10-8-9(12-6-11-8)13-7-14-10/h1-7H,(H,11,12,13,14)/q+1.